The van der Waals surface area contributed by atoms with E-state index in [0.29, 0.717) is 12.0 Å². The molecule has 0 fully saturated rings. The lowest BCUT2D eigenvalue weighted by molar-refractivity contribution is 0.112. The van der Waals surface area contributed by atoms with Gasteiger partial charge in [0.15, 0.2) is 6.29 Å². The first-order valence-electron chi connectivity index (χ1n) is 7.12. The minimum absolute atomic E-state index is 0.498. The van der Waals surface area contributed by atoms with Crippen LogP contribution in [0.5, 0.6) is 0 Å². The molecule has 1 aliphatic heterocycles. The second-order valence-electron chi connectivity index (χ2n) is 6.23. The summed E-state index contributed by atoms with van der Waals surface area (Å²) in [6.07, 6.45) is 3.26. The molecule has 0 saturated carbocycles. The number of hydrogen-bond acceptors (Lipinski definition) is 3. The molecule has 2 heterocycles. The molecule has 1 atom stereocenters. The highest BCUT2D eigenvalue weighted by atomic mass is 32.1. The molecule has 0 bridgehead atoms. The normalized spacial score (nSPS) is 20.0. The zero-order valence-corrected chi connectivity index (χ0v) is 13.2. The summed E-state index contributed by atoms with van der Waals surface area (Å²) in [4.78, 5) is 15.9. The maximum Gasteiger partial charge on any atom is 0.160 e. The number of thiophene rings is 1. The van der Waals surface area contributed by atoms with Crippen molar-refractivity contribution in [2.45, 2.75) is 46.6 Å². The average molecular weight is 278 g/mol. The van der Waals surface area contributed by atoms with Crippen LogP contribution in [-0.4, -0.2) is 24.3 Å². The summed E-state index contributed by atoms with van der Waals surface area (Å²) in [6.45, 7) is 11.2. The first kappa shape index (κ1) is 14.7. The maximum absolute atomic E-state index is 11.0. The van der Waals surface area contributed by atoms with E-state index in [-0.39, 0.29) is 0 Å². The number of aldehydes is 1. The molecule has 0 aromatic carbocycles. The number of hydrogen-bond donors (Lipinski definition) is 0. The second-order valence-corrected chi connectivity index (χ2v) is 7.34. The Bertz CT molecular complexity index is 436. The summed E-state index contributed by atoms with van der Waals surface area (Å²) in [6, 6.07) is 2.59. The molecular weight excluding hydrogens is 254 g/mol. The van der Waals surface area contributed by atoms with Crippen LogP contribution in [0.25, 0.3) is 0 Å². The summed E-state index contributed by atoms with van der Waals surface area (Å²) in [7, 11) is 0. The number of rotatable bonds is 5. The van der Waals surface area contributed by atoms with Crippen LogP contribution in [0.1, 0.15) is 60.3 Å². The summed E-state index contributed by atoms with van der Waals surface area (Å²) in [5.74, 6) is 2.14. The zero-order valence-electron chi connectivity index (χ0n) is 12.4. The Hall–Kier alpha value is -0.670. The first-order valence-corrected chi connectivity index (χ1v) is 7.93. The highest BCUT2D eigenvalue weighted by Gasteiger charge is 2.30. The lowest BCUT2D eigenvalue weighted by Gasteiger charge is -2.37. The molecule has 2 rings (SSSR count). The molecule has 19 heavy (non-hydrogen) atoms. The van der Waals surface area contributed by atoms with Crippen molar-refractivity contribution in [3.05, 3.63) is 27.3 Å². The molecule has 105 valence electrons. The van der Waals surface area contributed by atoms with Gasteiger partial charge in [-0.3, -0.25) is 9.69 Å². The van der Waals surface area contributed by atoms with E-state index in [1.807, 2.05) is 0 Å². The van der Waals surface area contributed by atoms with Gasteiger partial charge in [-0.15, -0.1) is 11.3 Å². The quantitative estimate of drug-likeness (QED) is 0.755. The first-order chi connectivity index (χ1) is 9.01. The molecule has 0 saturated heterocycles. The molecule has 1 aromatic heterocycles. The third-order valence-corrected chi connectivity index (χ3v) is 4.81. The van der Waals surface area contributed by atoms with E-state index in [2.05, 4.69) is 38.7 Å². The lowest BCUT2D eigenvalue weighted by Crippen LogP contribution is -2.37. The average Bonchev–Trinajstić information content (AvgIpc) is 2.74. The predicted molar refractivity (Wildman–Crippen MR) is 81.8 cm³/mol. The van der Waals surface area contributed by atoms with Gasteiger partial charge in [-0.25, -0.2) is 0 Å². The Kier molecular flexibility index (Phi) is 4.80. The van der Waals surface area contributed by atoms with E-state index in [1.54, 1.807) is 11.3 Å². The summed E-state index contributed by atoms with van der Waals surface area (Å²) < 4.78 is 0. The highest BCUT2D eigenvalue weighted by molar-refractivity contribution is 7.13. The van der Waals surface area contributed by atoms with Crippen LogP contribution in [-0.2, 0) is 6.42 Å². The SMILES string of the molecule is C[C](C)CN1CCc2cc(C=O)sc2C1CC(C)C. The van der Waals surface area contributed by atoms with Gasteiger partial charge in [-0.1, -0.05) is 27.7 Å². The van der Waals surface area contributed by atoms with Crippen LogP contribution in [0.2, 0.25) is 0 Å². The highest BCUT2D eigenvalue weighted by Crippen LogP contribution is 2.39. The molecule has 1 radical (unpaired) electrons. The van der Waals surface area contributed by atoms with Gasteiger partial charge < -0.3 is 0 Å². The van der Waals surface area contributed by atoms with Gasteiger partial charge in [0.1, 0.15) is 0 Å². The molecular formula is C16H24NOS. The largest absolute Gasteiger partial charge is 0.297 e. The molecule has 2 nitrogen and oxygen atoms in total. The Labute approximate surface area is 120 Å². The standard InChI is InChI=1S/C16H24NOS/c1-11(2)7-15-16-13(8-14(10-18)19-16)5-6-17(15)9-12(3)4/h8,10-11,15H,5-7,9H2,1-4H3. The molecule has 0 aliphatic carbocycles. The van der Waals surface area contributed by atoms with Crippen molar-refractivity contribution in [2.24, 2.45) is 5.92 Å². The van der Waals surface area contributed by atoms with Crippen LogP contribution in [0.3, 0.4) is 0 Å². The van der Waals surface area contributed by atoms with E-state index in [9.17, 15) is 4.79 Å². The number of carbonyl (C=O) groups is 1. The van der Waals surface area contributed by atoms with Crippen molar-refractivity contribution in [3.63, 3.8) is 0 Å². The number of carbonyl (C=O) groups excluding carboxylic acids is 1. The topological polar surface area (TPSA) is 20.3 Å². The van der Waals surface area contributed by atoms with E-state index < -0.39 is 0 Å². The van der Waals surface area contributed by atoms with Gasteiger partial charge in [-0.2, -0.15) is 0 Å². The van der Waals surface area contributed by atoms with E-state index in [1.165, 1.54) is 22.8 Å². The zero-order chi connectivity index (χ0) is 14.0. The molecule has 3 heteroatoms. The van der Waals surface area contributed by atoms with Gasteiger partial charge in [0.2, 0.25) is 0 Å². The number of nitrogens with zero attached hydrogens (tertiary/aromatic N) is 1. The van der Waals surface area contributed by atoms with Gasteiger partial charge >= 0.3 is 0 Å². The van der Waals surface area contributed by atoms with Crippen LogP contribution < -0.4 is 0 Å². The number of fused-ring (bicyclic) bond motifs is 1. The van der Waals surface area contributed by atoms with Crippen molar-refractivity contribution < 1.29 is 4.79 Å². The van der Waals surface area contributed by atoms with E-state index in [0.717, 1.165) is 30.7 Å². The van der Waals surface area contributed by atoms with E-state index in [4.69, 9.17) is 0 Å². The van der Waals surface area contributed by atoms with Crippen molar-refractivity contribution in [2.75, 3.05) is 13.1 Å². The summed E-state index contributed by atoms with van der Waals surface area (Å²) in [5.41, 5.74) is 1.41. The van der Waals surface area contributed by atoms with Crippen LogP contribution in [0, 0.1) is 11.8 Å². The van der Waals surface area contributed by atoms with Crippen LogP contribution in [0.4, 0.5) is 0 Å². The van der Waals surface area contributed by atoms with Gasteiger partial charge in [0, 0.05) is 24.0 Å². The van der Waals surface area contributed by atoms with Crippen molar-refractivity contribution in [1.29, 1.82) is 0 Å². The maximum atomic E-state index is 11.0. The van der Waals surface area contributed by atoms with Gasteiger partial charge in [0.05, 0.1) is 4.88 Å². The molecule has 0 spiro atoms. The van der Waals surface area contributed by atoms with Crippen LogP contribution in [0.15, 0.2) is 6.07 Å². The van der Waals surface area contributed by atoms with Gasteiger partial charge in [0.25, 0.3) is 0 Å². The molecule has 1 aromatic rings. The van der Waals surface area contributed by atoms with Crippen molar-refractivity contribution in [1.82, 2.24) is 4.90 Å². The smallest absolute Gasteiger partial charge is 0.160 e. The minimum Gasteiger partial charge on any atom is -0.297 e. The van der Waals surface area contributed by atoms with Crippen molar-refractivity contribution >= 4 is 17.6 Å². The fourth-order valence-corrected chi connectivity index (χ4v) is 4.06. The fourth-order valence-electron chi connectivity index (χ4n) is 2.88. The Morgan fingerprint density at radius 2 is 2.26 bits per heavy atom. The van der Waals surface area contributed by atoms with Crippen LogP contribution >= 0.6 is 11.3 Å². The fraction of sp³-hybridized carbons (Fsp3) is 0.625. The molecule has 1 unspecified atom stereocenters. The minimum atomic E-state index is 0.498. The summed E-state index contributed by atoms with van der Waals surface area (Å²) >= 11 is 1.70. The molecule has 0 N–H and O–H groups in total. The third-order valence-electron chi connectivity index (χ3n) is 3.60. The van der Waals surface area contributed by atoms with Crippen molar-refractivity contribution in [3.8, 4) is 0 Å². The van der Waals surface area contributed by atoms with Gasteiger partial charge in [-0.05, 0) is 36.3 Å². The predicted octanol–water partition coefficient (Wildman–Crippen LogP) is 4.12. The molecule has 1 aliphatic rings. The molecule has 0 amide bonds. The Morgan fingerprint density at radius 3 is 2.84 bits per heavy atom. The summed E-state index contributed by atoms with van der Waals surface area (Å²) in [5, 5.41) is 0. The lowest BCUT2D eigenvalue weighted by atomic mass is 9.93. The van der Waals surface area contributed by atoms with E-state index >= 15 is 0 Å². The Morgan fingerprint density at radius 1 is 1.53 bits per heavy atom. The second kappa shape index (κ2) is 6.19. The Balaban J connectivity index is 2.27. The third kappa shape index (κ3) is 3.46. The monoisotopic (exact) mass is 278 g/mol.